The van der Waals surface area contributed by atoms with E-state index in [9.17, 15) is 0 Å². The number of para-hydroxylation sites is 2. The molecule has 0 bridgehead atoms. The Hall–Kier alpha value is -2.49. The molecule has 0 saturated carbocycles. The summed E-state index contributed by atoms with van der Waals surface area (Å²) in [6.45, 7) is 7.63. The summed E-state index contributed by atoms with van der Waals surface area (Å²) in [6, 6.07) is 20.0. The minimum absolute atomic E-state index is 0.401. The predicted octanol–water partition coefficient (Wildman–Crippen LogP) is 7.52. The highest BCUT2D eigenvalue weighted by atomic mass is 35.5. The van der Waals surface area contributed by atoms with Gasteiger partial charge in [0.25, 0.3) is 0 Å². The zero-order valence-corrected chi connectivity index (χ0v) is 18.8. The van der Waals surface area contributed by atoms with Crippen LogP contribution in [0.2, 0.25) is 10.0 Å². The number of fused-ring (bicyclic) bond motifs is 1. The van der Waals surface area contributed by atoms with E-state index >= 15 is 0 Å². The van der Waals surface area contributed by atoms with Crippen LogP contribution in [0.25, 0.3) is 22.4 Å². The molecule has 0 aliphatic heterocycles. The molecule has 1 heterocycles. The molecule has 3 aromatic carbocycles. The minimum atomic E-state index is 0.401. The van der Waals surface area contributed by atoms with Crippen molar-refractivity contribution in [1.29, 1.82) is 0 Å². The second-order valence-electron chi connectivity index (χ2n) is 7.74. The quantitative estimate of drug-likeness (QED) is 0.311. The molecule has 0 N–H and O–H groups in total. The second-order valence-corrected chi connectivity index (χ2v) is 8.59. The molecule has 4 rings (SSSR count). The highest BCUT2D eigenvalue weighted by molar-refractivity contribution is 6.36. The summed E-state index contributed by atoms with van der Waals surface area (Å²) in [6.07, 6.45) is 0. The fraction of sp³-hybridized carbons (Fsp3) is 0.240. The Balaban J connectivity index is 1.67. The maximum Gasteiger partial charge on any atom is 0.142 e. The number of imidazole rings is 1. The zero-order chi connectivity index (χ0) is 21.3. The molecule has 0 radical (unpaired) electrons. The summed E-state index contributed by atoms with van der Waals surface area (Å²) in [4.78, 5) is 4.84. The number of aryl methyl sites for hydroxylation is 1. The lowest BCUT2D eigenvalue weighted by Crippen LogP contribution is -2.11. The monoisotopic (exact) mass is 438 g/mol. The van der Waals surface area contributed by atoms with E-state index in [2.05, 4.69) is 49.6 Å². The van der Waals surface area contributed by atoms with Crippen LogP contribution in [0.1, 0.15) is 30.9 Å². The van der Waals surface area contributed by atoms with Crippen molar-refractivity contribution in [2.75, 3.05) is 6.61 Å². The number of ether oxygens (including phenoxy) is 1. The molecule has 0 amide bonds. The van der Waals surface area contributed by atoms with Crippen molar-refractivity contribution in [1.82, 2.24) is 9.55 Å². The van der Waals surface area contributed by atoms with Crippen molar-refractivity contribution >= 4 is 34.2 Å². The third-order valence-electron chi connectivity index (χ3n) is 5.19. The number of rotatable bonds is 6. The van der Waals surface area contributed by atoms with Gasteiger partial charge in [-0.15, -0.1) is 0 Å². The van der Waals surface area contributed by atoms with E-state index in [4.69, 9.17) is 32.9 Å². The van der Waals surface area contributed by atoms with Gasteiger partial charge < -0.3 is 9.30 Å². The maximum atomic E-state index is 6.50. The Morgan fingerprint density at radius 3 is 2.57 bits per heavy atom. The van der Waals surface area contributed by atoms with Gasteiger partial charge in [-0.2, -0.15) is 0 Å². The average molecular weight is 439 g/mol. The molecule has 0 aliphatic rings. The van der Waals surface area contributed by atoms with Crippen molar-refractivity contribution in [3.63, 3.8) is 0 Å². The van der Waals surface area contributed by atoms with Gasteiger partial charge >= 0.3 is 0 Å². The van der Waals surface area contributed by atoms with Gasteiger partial charge in [0.2, 0.25) is 0 Å². The smallest absolute Gasteiger partial charge is 0.142 e. The fourth-order valence-corrected chi connectivity index (χ4v) is 4.16. The molecule has 0 aliphatic carbocycles. The summed E-state index contributed by atoms with van der Waals surface area (Å²) < 4.78 is 8.40. The molecule has 0 unspecified atom stereocenters. The normalized spacial score (nSPS) is 11.4. The standard InChI is InChI=1S/C25H24Cl2N2O/c1-16(2)19-10-8-17(3)14-24(19)30-13-12-29-23-7-5-4-6-22(23)28-25(29)20-11-9-18(26)15-21(20)27/h4-11,14-16H,12-13H2,1-3H3. The Bertz CT molecular complexity index is 1200. The lowest BCUT2D eigenvalue weighted by Gasteiger charge is -2.16. The van der Waals surface area contributed by atoms with E-state index in [1.54, 1.807) is 6.07 Å². The van der Waals surface area contributed by atoms with Crippen molar-refractivity contribution in [3.05, 3.63) is 81.8 Å². The van der Waals surface area contributed by atoms with Crippen LogP contribution in [-0.4, -0.2) is 16.2 Å². The van der Waals surface area contributed by atoms with Crippen LogP contribution >= 0.6 is 23.2 Å². The summed E-state index contributed by atoms with van der Waals surface area (Å²) in [5, 5.41) is 1.19. The molecule has 30 heavy (non-hydrogen) atoms. The van der Waals surface area contributed by atoms with Crippen molar-refractivity contribution < 1.29 is 4.74 Å². The molecule has 0 fully saturated rings. The Kier molecular flexibility index (Phi) is 6.03. The van der Waals surface area contributed by atoms with Crippen LogP contribution in [0.3, 0.4) is 0 Å². The maximum absolute atomic E-state index is 6.50. The van der Waals surface area contributed by atoms with E-state index in [1.165, 1.54) is 11.1 Å². The number of halogens is 2. The molecular formula is C25H24Cl2N2O. The molecule has 1 aromatic heterocycles. The number of nitrogens with zero attached hydrogens (tertiary/aromatic N) is 2. The summed E-state index contributed by atoms with van der Waals surface area (Å²) >= 11 is 12.6. The molecule has 5 heteroatoms. The van der Waals surface area contributed by atoms with Gasteiger partial charge in [-0.1, -0.05) is 61.3 Å². The Morgan fingerprint density at radius 2 is 1.80 bits per heavy atom. The average Bonchev–Trinajstić information content (AvgIpc) is 3.06. The van der Waals surface area contributed by atoms with Gasteiger partial charge in [0, 0.05) is 10.6 Å². The highest BCUT2D eigenvalue weighted by Crippen LogP contribution is 2.32. The number of aromatic nitrogens is 2. The largest absolute Gasteiger partial charge is 0.491 e. The van der Waals surface area contributed by atoms with Crippen LogP contribution in [0.4, 0.5) is 0 Å². The summed E-state index contributed by atoms with van der Waals surface area (Å²) in [5.74, 6) is 2.16. The SMILES string of the molecule is Cc1ccc(C(C)C)c(OCCn2c(-c3ccc(Cl)cc3Cl)nc3ccccc32)c1. The molecule has 4 aromatic rings. The Morgan fingerprint density at radius 1 is 1.00 bits per heavy atom. The van der Waals surface area contributed by atoms with Crippen LogP contribution in [0.5, 0.6) is 5.75 Å². The molecule has 154 valence electrons. The first kappa shape index (κ1) is 20.8. The van der Waals surface area contributed by atoms with Gasteiger partial charge in [0.1, 0.15) is 18.2 Å². The van der Waals surface area contributed by atoms with Crippen molar-refractivity contribution in [3.8, 4) is 17.1 Å². The van der Waals surface area contributed by atoms with E-state index < -0.39 is 0 Å². The molecule has 3 nitrogen and oxygen atoms in total. The fourth-order valence-electron chi connectivity index (χ4n) is 3.67. The van der Waals surface area contributed by atoms with Gasteiger partial charge in [0.15, 0.2) is 0 Å². The van der Waals surface area contributed by atoms with E-state index in [0.717, 1.165) is 28.2 Å². The van der Waals surface area contributed by atoms with E-state index in [-0.39, 0.29) is 0 Å². The van der Waals surface area contributed by atoms with Crippen LogP contribution < -0.4 is 4.74 Å². The molecule has 0 atom stereocenters. The first-order valence-electron chi connectivity index (χ1n) is 10.1. The van der Waals surface area contributed by atoms with Gasteiger partial charge in [0.05, 0.1) is 22.6 Å². The van der Waals surface area contributed by atoms with Crippen molar-refractivity contribution in [2.45, 2.75) is 33.2 Å². The lowest BCUT2D eigenvalue weighted by molar-refractivity contribution is 0.296. The zero-order valence-electron chi connectivity index (χ0n) is 17.3. The first-order chi connectivity index (χ1) is 14.4. The predicted molar refractivity (Wildman–Crippen MR) is 126 cm³/mol. The van der Waals surface area contributed by atoms with Crippen LogP contribution in [0, 0.1) is 6.92 Å². The summed E-state index contributed by atoms with van der Waals surface area (Å²) in [7, 11) is 0. The topological polar surface area (TPSA) is 27.1 Å². The number of hydrogen-bond acceptors (Lipinski definition) is 2. The molecule has 0 saturated heterocycles. The minimum Gasteiger partial charge on any atom is -0.491 e. The van der Waals surface area contributed by atoms with Crippen LogP contribution in [0.15, 0.2) is 60.7 Å². The number of hydrogen-bond donors (Lipinski definition) is 0. The van der Waals surface area contributed by atoms with Gasteiger partial charge in [-0.05, 0) is 60.4 Å². The molecular weight excluding hydrogens is 415 g/mol. The first-order valence-corrected chi connectivity index (χ1v) is 10.8. The third-order valence-corrected chi connectivity index (χ3v) is 5.74. The summed E-state index contributed by atoms with van der Waals surface area (Å²) in [5.41, 5.74) is 5.25. The van der Waals surface area contributed by atoms with Crippen molar-refractivity contribution in [2.24, 2.45) is 0 Å². The lowest BCUT2D eigenvalue weighted by atomic mass is 10.0. The second kappa shape index (κ2) is 8.71. The Labute approximate surface area is 187 Å². The number of benzene rings is 3. The highest BCUT2D eigenvalue weighted by Gasteiger charge is 2.16. The van der Waals surface area contributed by atoms with E-state index in [0.29, 0.717) is 29.1 Å². The van der Waals surface area contributed by atoms with Gasteiger partial charge in [-0.3, -0.25) is 0 Å². The van der Waals surface area contributed by atoms with Crippen LogP contribution in [-0.2, 0) is 6.54 Å². The molecule has 0 spiro atoms. The van der Waals surface area contributed by atoms with E-state index in [1.807, 2.05) is 30.3 Å². The third kappa shape index (κ3) is 4.19. The van der Waals surface area contributed by atoms with Gasteiger partial charge in [-0.25, -0.2) is 4.98 Å².